The Morgan fingerprint density at radius 2 is 1.88 bits per heavy atom. The lowest BCUT2D eigenvalue weighted by molar-refractivity contribution is -0.212. The zero-order valence-electron chi connectivity index (χ0n) is 15.7. The molecule has 4 rings (SSSR count). The summed E-state index contributed by atoms with van der Waals surface area (Å²) in [6.07, 6.45) is 6.56. The Balaban J connectivity index is 1.76. The van der Waals surface area contributed by atoms with Crippen LogP contribution in [0.1, 0.15) is 65.7 Å². The van der Waals surface area contributed by atoms with Crippen LogP contribution in [0.25, 0.3) is 0 Å². The molecule has 0 bridgehead atoms. The lowest BCUT2D eigenvalue weighted by atomic mass is 9.45. The number of aliphatic hydroxyl groups is 3. The molecule has 0 radical (unpaired) electrons. The second-order valence-electron chi connectivity index (χ2n) is 9.69. The second kappa shape index (κ2) is 5.40. The maximum Gasteiger partial charge on any atom is 0.133 e. The largest absolute Gasteiger partial charge is 0.393 e. The first-order valence-electron chi connectivity index (χ1n) is 9.93. The van der Waals surface area contributed by atoms with E-state index >= 15 is 0 Å². The van der Waals surface area contributed by atoms with Crippen LogP contribution in [0.15, 0.2) is 11.6 Å². The fourth-order valence-electron chi connectivity index (χ4n) is 7.28. The third-order valence-corrected chi connectivity index (χ3v) is 8.79. The molecule has 0 aliphatic heterocycles. The molecular weight excluding hydrogens is 316 g/mol. The summed E-state index contributed by atoms with van der Waals surface area (Å²) in [6.45, 7) is 5.91. The van der Waals surface area contributed by atoms with Crippen LogP contribution >= 0.6 is 0 Å². The Hall–Kier alpha value is -0.710. The molecule has 4 heteroatoms. The van der Waals surface area contributed by atoms with Gasteiger partial charge < -0.3 is 15.3 Å². The summed E-state index contributed by atoms with van der Waals surface area (Å²) in [4.78, 5) is 12.2. The van der Waals surface area contributed by atoms with Crippen molar-refractivity contribution in [1.82, 2.24) is 0 Å². The number of allylic oxidation sites excluding steroid dienone is 1. The average molecular weight is 348 g/mol. The molecule has 3 saturated carbocycles. The van der Waals surface area contributed by atoms with Gasteiger partial charge in [-0.2, -0.15) is 0 Å². The maximum absolute atomic E-state index is 12.2. The molecule has 0 saturated heterocycles. The third kappa shape index (κ3) is 2.08. The molecule has 0 heterocycles. The lowest BCUT2D eigenvalue weighted by Gasteiger charge is -2.61. The zero-order chi connectivity index (χ0) is 18.2. The number of rotatable bonds is 1. The van der Waals surface area contributed by atoms with Crippen molar-refractivity contribution in [1.29, 1.82) is 0 Å². The monoisotopic (exact) mass is 348 g/mol. The van der Waals surface area contributed by atoms with E-state index in [0.29, 0.717) is 12.3 Å². The molecule has 0 amide bonds. The van der Waals surface area contributed by atoms with Gasteiger partial charge in [0.25, 0.3) is 0 Å². The lowest BCUT2D eigenvalue weighted by Crippen LogP contribution is -2.64. The molecule has 25 heavy (non-hydrogen) atoms. The predicted molar refractivity (Wildman–Crippen MR) is 94.7 cm³/mol. The molecule has 3 N–H and O–H groups in total. The topological polar surface area (TPSA) is 77.8 Å². The molecule has 4 aliphatic carbocycles. The van der Waals surface area contributed by atoms with Gasteiger partial charge in [-0.15, -0.1) is 0 Å². The number of fused-ring (bicyclic) bond motifs is 5. The first-order chi connectivity index (χ1) is 11.6. The molecule has 3 fully saturated rings. The van der Waals surface area contributed by atoms with Gasteiger partial charge in [0.15, 0.2) is 0 Å². The maximum atomic E-state index is 12.2. The normalized spacial score (nSPS) is 55.0. The molecule has 4 nitrogen and oxygen atoms in total. The summed E-state index contributed by atoms with van der Waals surface area (Å²) in [5.41, 5.74) is -0.370. The van der Waals surface area contributed by atoms with Crippen LogP contribution in [-0.2, 0) is 4.79 Å². The van der Waals surface area contributed by atoms with Gasteiger partial charge in [-0.25, -0.2) is 0 Å². The molecule has 0 aromatic carbocycles. The van der Waals surface area contributed by atoms with Crippen molar-refractivity contribution in [2.24, 2.45) is 28.6 Å². The van der Waals surface area contributed by atoms with Gasteiger partial charge in [0.2, 0.25) is 0 Å². The van der Waals surface area contributed by atoms with Crippen LogP contribution in [0.4, 0.5) is 0 Å². The Morgan fingerprint density at radius 1 is 1.16 bits per heavy atom. The highest BCUT2D eigenvalue weighted by atomic mass is 16.3. The minimum absolute atomic E-state index is 0.00501. The van der Waals surface area contributed by atoms with Crippen molar-refractivity contribution in [2.75, 3.05) is 0 Å². The van der Waals surface area contributed by atoms with Gasteiger partial charge in [-0.3, -0.25) is 4.79 Å². The van der Waals surface area contributed by atoms with E-state index in [1.165, 1.54) is 5.57 Å². The van der Waals surface area contributed by atoms with Crippen LogP contribution in [0, 0.1) is 28.6 Å². The third-order valence-electron chi connectivity index (χ3n) is 8.79. The van der Waals surface area contributed by atoms with Gasteiger partial charge in [0, 0.05) is 11.3 Å². The van der Waals surface area contributed by atoms with E-state index in [9.17, 15) is 20.1 Å². The number of carbonyl (C=O) groups is 1. The molecule has 0 aromatic rings. The first-order valence-corrected chi connectivity index (χ1v) is 9.93. The highest BCUT2D eigenvalue weighted by molar-refractivity contribution is 5.80. The Kier molecular flexibility index (Phi) is 3.82. The summed E-state index contributed by atoms with van der Waals surface area (Å²) in [6, 6.07) is 0. The summed E-state index contributed by atoms with van der Waals surface area (Å²) in [7, 11) is 0. The molecular formula is C21H32O4. The summed E-state index contributed by atoms with van der Waals surface area (Å²) >= 11 is 0. The Bertz CT molecular complexity index is 627. The molecule has 8 unspecified atom stereocenters. The van der Waals surface area contributed by atoms with Gasteiger partial charge in [0.1, 0.15) is 5.78 Å². The smallest absolute Gasteiger partial charge is 0.133 e. The molecule has 4 aliphatic rings. The number of carbonyl (C=O) groups excluding carboxylic acids is 1. The van der Waals surface area contributed by atoms with E-state index in [0.717, 1.165) is 38.5 Å². The minimum Gasteiger partial charge on any atom is -0.393 e. The summed E-state index contributed by atoms with van der Waals surface area (Å²) in [5, 5.41) is 32.8. The van der Waals surface area contributed by atoms with Crippen molar-refractivity contribution in [3.63, 3.8) is 0 Å². The van der Waals surface area contributed by atoms with Crippen LogP contribution < -0.4 is 0 Å². The van der Waals surface area contributed by atoms with E-state index < -0.39 is 17.1 Å². The van der Waals surface area contributed by atoms with E-state index in [-0.39, 0.29) is 29.1 Å². The van der Waals surface area contributed by atoms with Gasteiger partial charge in [-0.1, -0.05) is 25.5 Å². The van der Waals surface area contributed by atoms with E-state index in [4.69, 9.17) is 0 Å². The highest BCUT2D eigenvalue weighted by Crippen LogP contribution is 2.67. The number of hydrogen-bond donors (Lipinski definition) is 3. The van der Waals surface area contributed by atoms with Crippen LogP contribution in [0.3, 0.4) is 0 Å². The highest BCUT2D eigenvalue weighted by Gasteiger charge is 2.70. The number of ketones is 1. The van der Waals surface area contributed by atoms with Crippen LogP contribution in [-0.4, -0.2) is 38.9 Å². The summed E-state index contributed by atoms with van der Waals surface area (Å²) in [5.74, 6) is 0.155. The number of Topliss-reactive ketones (excluding diaryl/α,β-unsaturated/α-hetero) is 1. The summed E-state index contributed by atoms with van der Waals surface area (Å²) < 4.78 is 0. The zero-order valence-corrected chi connectivity index (χ0v) is 15.7. The standard InChI is InChI=1S/C21H32O4/c1-12(22)17-11-18(24)21(25)16-5-4-13-10-14(23)6-8-19(13,2)15(16)7-9-20(17,21)3/h4,14-18,23-25H,5-11H2,1-3H3. The van der Waals surface area contributed by atoms with Crippen molar-refractivity contribution < 1.29 is 20.1 Å². The van der Waals surface area contributed by atoms with E-state index in [2.05, 4.69) is 13.0 Å². The second-order valence-corrected chi connectivity index (χ2v) is 9.69. The fourth-order valence-corrected chi connectivity index (χ4v) is 7.28. The van der Waals surface area contributed by atoms with E-state index in [1.807, 2.05) is 6.92 Å². The molecule has 0 aromatic heterocycles. The van der Waals surface area contributed by atoms with Gasteiger partial charge in [0.05, 0.1) is 17.8 Å². The Morgan fingerprint density at radius 3 is 2.56 bits per heavy atom. The van der Waals surface area contributed by atoms with Gasteiger partial charge in [-0.05, 0) is 69.1 Å². The molecule has 140 valence electrons. The average Bonchev–Trinajstić information content (AvgIpc) is 2.76. The van der Waals surface area contributed by atoms with Gasteiger partial charge >= 0.3 is 0 Å². The molecule has 0 spiro atoms. The van der Waals surface area contributed by atoms with Crippen LogP contribution in [0.5, 0.6) is 0 Å². The fraction of sp³-hybridized carbons (Fsp3) is 0.857. The van der Waals surface area contributed by atoms with E-state index in [1.54, 1.807) is 6.92 Å². The van der Waals surface area contributed by atoms with Crippen molar-refractivity contribution in [3.05, 3.63) is 11.6 Å². The quantitative estimate of drug-likeness (QED) is 0.637. The predicted octanol–water partition coefficient (Wildman–Crippen LogP) is 2.60. The first kappa shape index (κ1) is 17.7. The SMILES string of the molecule is CC(=O)C1CC(O)C2(O)C3CC=C4CC(O)CCC4(C)C3CCC12C. The Labute approximate surface area is 150 Å². The molecule has 8 atom stereocenters. The minimum atomic E-state index is -1.19. The number of hydrogen-bond acceptors (Lipinski definition) is 4. The van der Waals surface area contributed by atoms with Crippen molar-refractivity contribution in [3.8, 4) is 0 Å². The van der Waals surface area contributed by atoms with Crippen molar-refractivity contribution >= 4 is 5.78 Å². The van der Waals surface area contributed by atoms with Crippen molar-refractivity contribution in [2.45, 2.75) is 83.5 Å². The number of aliphatic hydroxyl groups excluding tert-OH is 2. The van der Waals surface area contributed by atoms with Crippen LogP contribution in [0.2, 0.25) is 0 Å².